The normalized spacial score (nSPS) is 12.3. The van der Waals surface area contributed by atoms with Crippen molar-refractivity contribution in [3.05, 3.63) is 70.8 Å². The van der Waals surface area contributed by atoms with Gasteiger partial charge in [0.1, 0.15) is 17.5 Å². The van der Waals surface area contributed by atoms with Gasteiger partial charge in [0.05, 0.1) is 0 Å². The molecule has 4 heteroatoms. The average molecular weight is 315 g/mol. The van der Waals surface area contributed by atoms with Crippen molar-refractivity contribution in [1.29, 1.82) is 0 Å². The molecule has 0 radical (unpaired) electrons. The molecule has 112 valence electrons. The zero-order valence-electron chi connectivity index (χ0n) is 12.0. The van der Waals surface area contributed by atoms with Gasteiger partial charge in [0, 0.05) is 5.02 Å². The van der Waals surface area contributed by atoms with Crippen LogP contribution in [-0.4, -0.2) is 16.7 Å². The highest BCUT2D eigenvalue weighted by atomic mass is 35.5. The van der Waals surface area contributed by atoms with Gasteiger partial charge >= 0.3 is 0 Å². The minimum Gasteiger partial charge on any atom is -0.508 e. The molecule has 0 fully saturated rings. The number of carbonyl (C=O) groups excluding carboxylic acids is 2. The summed E-state index contributed by atoms with van der Waals surface area (Å²) < 4.78 is 0. The second-order valence-corrected chi connectivity index (χ2v) is 5.36. The molecule has 1 N–H and O–H groups in total. The van der Waals surface area contributed by atoms with Crippen LogP contribution in [0.4, 0.5) is 0 Å². The van der Waals surface area contributed by atoms with Gasteiger partial charge in [-0.05, 0) is 48.4 Å². The van der Waals surface area contributed by atoms with Crippen LogP contribution in [0, 0.1) is 0 Å². The summed E-state index contributed by atoms with van der Waals surface area (Å²) >= 11 is 5.83. The summed E-state index contributed by atoms with van der Waals surface area (Å²) in [7, 11) is 0. The first-order chi connectivity index (χ1) is 10.5. The predicted molar refractivity (Wildman–Crippen MR) is 87.0 cm³/mol. The van der Waals surface area contributed by atoms with Crippen LogP contribution in [0.15, 0.2) is 54.6 Å². The van der Waals surface area contributed by atoms with E-state index in [9.17, 15) is 14.7 Å². The molecule has 0 aliphatic carbocycles. The van der Waals surface area contributed by atoms with E-state index in [-0.39, 0.29) is 17.3 Å². The van der Waals surface area contributed by atoms with Crippen molar-refractivity contribution in [2.45, 2.75) is 12.8 Å². The highest BCUT2D eigenvalue weighted by molar-refractivity contribution is 6.30. The number of rotatable bonds is 5. The number of phenolic OH excluding ortho intramolecular Hbond substituents is 1. The molecule has 2 aromatic rings. The summed E-state index contributed by atoms with van der Waals surface area (Å²) in [5.74, 6) is -1.18. The van der Waals surface area contributed by atoms with E-state index in [2.05, 4.69) is 0 Å². The van der Waals surface area contributed by atoms with Crippen LogP contribution in [0.5, 0.6) is 5.75 Å². The fourth-order valence-electron chi connectivity index (χ4n) is 2.11. The first kappa shape index (κ1) is 16.0. The minimum absolute atomic E-state index is 0.159. The van der Waals surface area contributed by atoms with Gasteiger partial charge in [0.2, 0.25) is 0 Å². The number of halogens is 1. The van der Waals surface area contributed by atoms with E-state index in [1.165, 1.54) is 25.1 Å². The smallest absolute Gasteiger partial charge is 0.170 e. The van der Waals surface area contributed by atoms with Crippen LogP contribution >= 0.6 is 11.6 Å². The topological polar surface area (TPSA) is 54.4 Å². The lowest BCUT2D eigenvalue weighted by Gasteiger charge is -2.11. The molecule has 0 saturated heterocycles. The van der Waals surface area contributed by atoms with Gasteiger partial charge in [-0.25, -0.2) is 0 Å². The van der Waals surface area contributed by atoms with Gasteiger partial charge in [-0.2, -0.15) is 0 Å². The first-order valence-corrected chi connectivity index (χ1v) is 7.12. The Morgan fingerprint density at radius 1 is 1.05 bits per heavy atom. The molecule has 0 aliphatic heterocycles. The molecule has 3 nitrogen and oxygen atoms in total. The van der Waals surface area contributed by atoms with Crippen molar-refractivity contribution >= 4 is 29.2 Å². The number of Topliss-reactive ketones (excluding diaryl/α,β-unsaturated/α-hetero) is 1. The molecular weight excluding hydrogens is 300 g/mol. The van der Waals surface area contributed by atoms with E-state index < -0.39 is 5.92 Å². The molecule has 22 heavy (non-hydrogen) atoms. The largest absolute Gasteiger partial charge is 0.508 e. The Bertz CT molecular complexity index is 700. The molecule has 2 aromatic carbocycles. The molecule has 0 heterocycles. The molecule has 0 saturated carbocycles. The monoisotopic (exact) mass is 314 g/mol. The van der Waals surface area contributed by atoms with Crippen LogP contribution in [0.25, 0.3) is 6.08 Å². The zero-order chi connectivity index (χ0) is 16.1. The number of aromatic hydroxyl groups is 1. The summed E-state index contributed by atoms with van der Waals surface area (Å²) in [6.45, 7) is 1.39. The molecule has 0 aromatic heterocycles. The third kappa shape index (κ3) is 4.06. The van der Waals surface area contributed by atoms with Crippen molar-refractivity contribution in [1.82, 2.24) is 0 Å². The molecule has 0 spiro atoms. The summed E-state index contributed by atoms with van der Waals surface area (Å²) in [4.78, 5) is 24.1. The van der Waals surface area contributed by atoms with Gasteiger partial charge in [-0.1, -0.05) is 41.9 Å². The SMILES string of the molecule is CC(=O)C(C(=O)/C=C/c1ccc(O)cc1)c1ccc(Cl)cc1. The Morgan fingerprint density at radius 3 is 2.18 bits per heavy atom. The van der Waals surface area contributed by atoms with Crippen molar-refractivity contribution in [3.63, 3.8) is 0 Å². The average Bonchev–Trinajstić information content (AvgIpc) is 2.48. The van der Waals surface area contributed by atoms with Crippen molar-refractivity contribution in [3.8, 4) is 5.75 Å². The molecular formula is C18H15ClO3. The number of phenols is 1. The lowest BCUT2D eigenvalue weighted by atomic mass is 9.91. The van der Waals surface area contributed by atoms with E-state index in [0.29, 0.717) is 10.6 Å². The Labute approximate surface area is 133 Å². The quantitative estimate of drug-likeness (QED) is 0.670. The van der Waals surface area contributed by atoms with Crippen LogP contribution in [0.2, 0.25) is 5.02 Å². The van der Waals surface area contributed by atoms with E-state index in [4.69, 9.17) is 11.6 Å². The maximum absolute atomic E-state index is 12.3. The molecule has 1 unspecified atom stereocenters. The van der Waals surface area contributed by atoms with Crippen LogP contribution in [0.3, 0.4) is 0 Å². The van der Waals surface area contributed by atoms with Crippen LogP contribution in [-0.2, 0) is 9.59 Å². The third-order valence-electron chi connectivity index (χ3n) is 3.23. The second kappa shape index (κ2) is 7.05. The van der Waals surface area contributed by atoms with Gasteiger partial charge in [0.15, 0.2) is 5.78 Å². The van der Waals surface area contributed by atoms with E-state index in [0.717, 1.165) is 5.56 Å². The standard InChI is InChI=1S/C18H15ClO3/c1-12(20)18(14-5-7-15(19)8-6-14)17(22)11-4-13-2-9-16(21)10-3-13/h2-11,18,21H,1H3/b11-4+. The number of carbonyl (C=O) groups is 2. The molecule has 2 rings (SSSR count). The lowest BCUT2D eigenvalue weighted by Crippen LogP contribution is -2.17. The van der Waals surface area contributed by atoms with E-state index >= 15 is 0 Å². The highest BCUT2D eigenvalue weighted by Gasteiger charge is 2.23. The Morgan fingerprint density at radius 2 is 1.64 bits per heavy atom. The van der Waals surface area contributed by atoms with Gasteiger partial charge in [-0.15, -0.1) is 0 Å². The summed E-state index contributed by atoms with van der Waals surface area (Å²) in [6, 6.07) is 13.1. The molecule has 0 aliphatic rings. The van der Waals surface area contributed by atoms with Crippen molar-refractivity contribution in [2.75, 3.05) is 0 Å². The number of benzene rings is 2. The van der Waals surface area contributed by atoms with Gasteiger partial charge in [0.25, 0.3) is 0 Å². The molecule has 0 amide bonds. The number of hydrogen-bond acceptors (Lipinski definition) is 3. The minimum atomic E-state index is -0.828. The first-order valence-electron chi connectivity index (χ1n) is 6.74. The van der Waals surface area contributed by atoms with Gasteiger partial charge in [-0.3, -0.25) is 9.59 Å². The Kier molecular flexibility index (Phi) is 5.12. The fraction of sp³-hybridized carbons (Fsp3) is 0.111. The van der Waals surface area contributed by atoms with E-state index in [1.807, 2.05) is 0 Å². The molecule has 0 bridgehead atoms. The highest BCUT2D eigenvalue weighted by Crippen LogP contribution is 2.21. The van der Waals surface area contributed by atoms with Crippen LogP contribution < -0.4 is 0 Å². The van der Waals surface area contributed by atoms with E-state index in [1.54, 1.807) is 42.5 Å². The summed E-state index contributed by atoms with van der Waals surface area (Å²) in [5.41, 5.74) is 1.39. The number of hydrogen-bond donors (Lipinski definition) is 1. The third-order valence-corrected chi connectivity index (χ3v) is 3.48. The summed E-state index contributed by atoms with van der Waals surface area (Å²) in [5, 5.41) is 9.77. The second-order valence-electron chi connectivity index (χ2n) is 4.92. The lowest BCUT2D eigenvalue weighted by molar-refractivity contribution is -0.125. The maximum atomic E-state index is 12.3. The maximum Gasteiger partial charge on any atom is 0.170 e. The van der Waals surface area contributed by atoms with Crippen molar-refractivity contribution < 1.29 is 14.7 Å². The number of ketones is 2. The fourth-order valence-corrected chi connectivity index (χ4v) is 2.24. The van der Waals surface area contributed by atoms with Gasteiger partial charge < -0.3 is 5.11 Å². The van der Waals surface area contributed by atoms with Crippen LogP contribution in [0.1, 0.15) is 24.0 Å². The summed E-state index contributed by atoms with van der Waals surface area (Å²) in [6.07, 6.45) is 3.00. The molecule has 1 atom stereocenters. The Balaban J connectivity index is 2.21. The number of allylic oxidation sites excluding steroid dienone is 1. The predicted octanol–water partition coefficient (Wildman–Crippen LogP) is 4.00. The van der Waals surface area contributed by atoms with Crippen molar-refractivity contribution in [2.24, 2.45) is 0 Å². The Hall–Kier alpha value is -2.39. The zero-order valence-corrected chi connectivity index (χ0v) is 12.7.